The molecule has 4 heterocycles. The normalized spacial score (nSPS) is 14.0. The highest BCUT2D eigenvalue weighted by atomic mass is 35.5. The maximum atomic E-state index is 13.6. The van der Waals surface area contributed by atoms with Crippen LogP contribution < -0.4 is 55.6 Å². The van der Waals surface area contributed by atoms with Gasteiger partial charge in [-0.15, -0.1) is 0 Å². The minimum absolute atomic E-state index is 0.0436. The highest BCUT2D eigenvalue weighted by molar-refractivity contribution is 6.32. The molecule has 2 aromatic heterocycles. The van der Waals surface area contributed by atoms with Crippen molar-refractivity contribution in [1.29, 1.82) is 0 Å². The quantitative estimate of drug-likeness (QED) is 0.0137. The number of carbonyl (C=O) groups excluding carboxylic acids is 5. The zero-order valence-electron chi connectivity index (χ0n) is 43.7. The van der Waals surface area contributed by atoms with Crippen LogP contribution in [0.2, 0.25) is 5.02 Å². The first-order valence-corrected chi connectivity index (χ1v) is 25.6. The Morgan fingerprint density at radius 3 is 2.38 bits per heavy atom. The van der Waals surface area contributed by atoms with Gasteiger partial charge in [0.15, 0.2) is 18.1 Å². The Bertz CT molecular complexity index is 3460. The van der Waals surface area contributed by atoms with Crippen molar-refractivity contribution in [3.8, 4) is 40.1 Å². The van der Waals surface area contributed by atoms with E-state index < -0.39 is 17.9 Å². The predicted molar refractivity (Wildman–Crippen MR) is 291 cm³/mol. The number of halogens is 2. The van der Waals surface area contributed by atoms with E-state index in [4.69, 9.17) is 39.7 Å². The number of piperidine rings is 1. The van der Waals surface area contributed by atoms with Gasteiger partial charge in [0, 0.05) is 59.8 Å². The van der Waals surface area contributed by atoms with Gasteiger partial charge in [0.1, 0.15) is 53.6 Å². The lowest BCUT2D eigenvalue weighted by Gasteiger charge is -2.29. The summed E-state index contributed by atoms with van der Waals surface area (Å²) in [7, 11) is 4.41. The summed E-state index contributed by atoms with van der Waals surface area (Å²) in [5.41, 5.74) is 4.40. The molecular formula is C56H55ClFN11O11. The standard InChI is InChI=1S/C56H55ClFN11O11/c1-75-47-24-43-38(54(64-31-61-43)65-34-12-15-46(41(57)20-34)78-27-32-7-4-8-33(58)19-32)23-39(47)45-16-13-36(80-45)25-59-18-6-11-50(70)62-29-60-30-63-52(72)28-79-53-48(76-2)21-35(22-49(53)77-3)67-68-42-10-5-9-37-40(42)26-69(56(37)74)44-14-17-51(71)66-55(44)73/h4-5,7-10,12-13,15-16,19-24,31,44,59-60H,6,11,14,17-18,25-30H2,1-3H3,(H,62,70)(H,63,72)(H,61,64,65)(H,66,71,73)/b68-67-. The van der Waals surface area contributed by atoms with Crippen molar-refractivity contribution in [1.82, 2.24) is 41.5 Å². The number of nitrogens with zero attached hydrogens (tertiary/aromatic N) is 5. The Hall–Kier alpha value is -9.19. The van der Waals surface area contributed by atoms with Gasteiger partial charge in [0.2, 0.25) is 23.5 Å². The lowest BCUT2D eigenvalue weighted by atomic mass is 10.0. The van der Waals surface area contributed by atoms with Crippen LogP contribution in [0.25, 0.3) is 22.2 Å². The fourth-order valence-electron chi connectivity index (χ4n) is 8.87. The summed E-state index contributed by atoms with van der Waals surface area (Å²) >= 11 is 6.57. The van der Waals surface area contributed by atoms with Crippen molar-refractivity contribution in [2.24, 2.45) is 10.2 Å². The second kappa shape index (κ2) is 26.0. The van der Waals surface area contributed by atoms with Gasteiger partial charge in [-0.05, 0) is 85.6 Å². The van der Waals surface area contributed by atoms with Crippen LogP contribution in [-0.4, -0.2) is 98.3 Å². The van der Waals surface area contributed by atoms with Crippen LogP contribution >= 0.6 is 11.6 Å². The molecule has 7 aromatic rings. The SMILES string of the molecule is COc1cc2ncnc(Nc3ccc(OCc4cccc(F)c4)c(Cl)c3)c2cc1-c1ccc(CNCCCC(=O)NCNCNC(=O)COc2c(OC)cc(/N=N\c3cccc4c3CN(C3CCC(=O)NC3=O)C4=O)cc2OC)o1. The number of nitrogens with one attached hydrogen (secondary N) is 6. The summed E-state index contributed by atoms with van der Waals surface area (Å²) in [6.45, 7) is 0.999. The van der Waals surface area contributed by atoms with Crippen LogP contribution in [0.3, 0.4) is 0 Å². The molecule has 5 amide bonds. The molecule has 1 saturated heterocycles. The number of hydrogen-bond donors (Lipinski definition) is 6. The largest absolute Gasteiger partial charge is 0.496 e. The van der Waals surface area contributed by atoms with Gasteiger partial charge < -0.3 is 54.3 Å². The molecule has 5 aromatic carbocycles. The molecule has 1 unspecified atom stereocenters. The number of methoxy groups -OCH3 is 3. The molecule has 0 spiro atoms. The van der Waals surface area contributed by atoms with E-state index in [1.54, 1.807) is 67.8 Å². The van der Waals surface area contributed by atoms with E-state index in [1.165, 1.54) is 37.6 Å². The third kappa shape index (κ3) is 13.5. The summed E-state index contributed by atoms with van der Waals surface area (Å²) in [5, 5.41) is 27.1. The average Bonchev–Trinajstić information content (AvgIpc) is 4.10. The topological polar surface area (TPSA) is 271 Å². The minimum atomic E-state index is -0.770. The lowest BCUT2D eigenvalue weighted by Crippen LogP contribution is -2.52. The molecule has 22 nitrogen and oxygen atoms in total. The van der Waals surface area contributed by atoms with Crippen molar-refractivity contribution >= 4 is 74.9 Å². The molecule has 6 N–H and O–H groups in total. The molecule has 414 valence electrons. The Labute approximate surface area is 462 Å². The Balaban J connectivity index is 0.682. The molecule has 1 fully saturated rings. The Morgan fingerprint density at radius 1 is 0.825 bits per heavy atom. The highest BCUT2D eigenvalue weighted by Gasteiger charge is 2.40. The smallest absolute Gasteiger partial charge is 0.258 e. The monoisotopic (exact) mass is 1110 g/mol. The molecule has 0 bridgehead atoms. The van der Waals surface area contributed by atoms with E-state index in [0.29, 0.717) is 104 Å². The van der Waals surface area contributed by atoms with Crippen molar-refractivity contribution in [2.75, 3.05) is 53.1 Å². The van der Waals surface area contributed by atoms with Gasteiger partial charge in [-0.2, -0.15) is 10.2 Å². The Morgan fingerprint density at radius 2 is 1.61 bits per heavy atom. The number of fused-ring (bicyclic) bond motifs is 2. The first-order chi connectivity index (χ1) is 38.9. The first-order valence-electron chi connectivity index (χ1n) is 25.3. The third-order valence-corrected chi connectivity index (χ3v) is 13.2. The zero-order chi connectivity index (χ0) is 56.1. The van der Waals surface area contributed by atoms with E-state index >= 15 is 0 Å². The summed E-state index contributed by atoms with van der Waals surface area (Å²) in [6, 6.07) is 26.2. The average molecular weight is 1110 g/mol. The number of furan rings is 1. The van der Waals surface area contributed by atoms with Crippen molar-refractivity contribution < 1.29 is 56.5 Å². The molecule has 1 atom stereocenters. The molecule has 24 heteroatoms. The second-order valence-electron chi connectivity index (χ2n) is 18.2. The zero-order valence-corrected chi connectivity index (χ0v) is 44.4. The molecule has 0 aliphatic carbocycles. The number of azo groups is 1. The number of hydrogen-bond acceptors (Lipinski definition) is 18. The molecule has 80 heavy (non-hydrogen) atoms. The van der Waals surface area contributed by atoms with E-state index in [1.807, 2.05) is 24.3 Å². The summed E-state index contributed by atoms with van der Waals surface area (Å²) in [5.74, 6) is 1.16. The third-order valence-electron chi connectivity index (χ3n) is 12.9. The number of carbonyl (C=O) groups is 5. The number of aromatic nitrogens is 2. The summed E-state index contributed by atoms with van der Waals surface area (Å²) in [6.07, 6.45) is 2.64. The van der Waals surface area contributed by atoms with Crippen LogP contribution in [0, 0.1) is 5.82 Å². The van der Waals surface area contributed by atoms with Gasteiger partial charge in [0.05, 0.1) is 68.7 Å². The van der Waals surface area contributed by atoms with Crippen LogP contribution in [0.15, 0.2) is 118 Å². The number of rotatable bonds is 25. The lowest BCUT2D eigenvalue weighted by molar-refractivity contribution is -0.137. The Kier molecular flexibility index (Phi) is 18.0. The fourth-order valence-corrected chi connectivity index (χ4v) is 9.11. The van der Waals surface area contributed by atoms with Gasteiger partial charge >= 0.3 is 0 Å². The molecular weight excluding hydrogens is 1060 g/mol. The van der Waals surface area contributed by atoms with E-state index in [0.717, 1.165) is 0 Å². The maximum absolute atomic E-state index is 13.6. The summed E-state index contributed by atoms with van der Waals surface area (Å²) < 4.78 is 48.3. The summed E-state index contributed by atoms with van der Waals surface area (Å²) in [4.78, 5) is 73.1. The van der Waals surface area contributed by atoms with Crippen LogP contribution in [0.4, 0.5) is 27.3 Å². The van der Waals surface area contributed by atoms with Crippen LogP contribution in [0.5, 0.6) is 28.7 Å². The van der Waals surface area contributed by atoms with Gasteiger partial charge in [-0.25, -0.2) is 14.4 Å². The van der Waals surface area contributed by atoms with Crippen LogP contribution in [-0.2, 0) is 38.9 Å². The van der Waals surface area contributed by atoms with E-state index in [9.17, 15) is 28.4 Å². The minimum Gasteiger partial charge on any atom is -0.496 e. The van der Waals surface area contributed by atoms with Gasteiger partial charge in [-0.3, -0.25) is 34.6 Å². The fraction of sp³-hybridized carbons (Fsp3) is 0.268. The van der Waals surface area contributed by atoms with Crippen molar-refractivity contribution in [3.63, 3.8) is 0 Å². The molecule has 0 saturated carbocycles. The van der Waals surface area contributed by atoms with Gasteiger partial charge in [-0.1, -0.05) is 29.8 Å². The highest BCUT2D eigenvalue weighted by Crippen LogP contribution is 2.43. The van der Waals surface area contributed by atoms with Gasteiger partial charge in [0.25, 0.3) is 11.8 Å². The number of benzene rings is 5. The number of ether oxygens (including phenoxy) is 5. The van der Waals surface area contributed by atoms with E-state index in [-0.39, 0.29) is 93.1 Å². The van der Waals surface area contributed by atoms with Crippen LogP contribution in [0.1, 0.15) is 52.9 Å². The number of amides is 5. The van der Waals surface area contributed by atoms with Crippen molar-refractivity contribution in [3.05, 3.63) is 137 Å². The second-order valence-corrected chi connectivity index (χ2v) is 18.6. The molecule has 0 radical (unpaired) electrons. The van der Waals surface area contributed by atoms with E-state index in [2.05, 4.69) is 52.1 Å². The van der Waals surface area contributed by atoms with Crippen molar-refractivity contribution in [2.45, 2.75) is 51.4 Å². The molecule has 2 aliphatic rings. The molecule has 2 aliphatic heterocycles. The number of imide groups is 1. The molecule has 9 rings (SSSR count). The predicted octanol–water partition coefficient (Wildman–Crippen LogP) is 7.89. The maximum Gasteiger partial charge on any atom is 0.258 e. The first kappa shape index (κ1) is 55.6. The number of anilines is 2.